The van der Waals surface area contributed by atoms with Crippen molar-refractivity contribution in [1.82, 2.24) is 9.97 Å². The van der Waals surface area contributed by atoms with Crippen molar-refractivity contribution < 1.29 is 14.5 Å². The van der Waals surface area contributed by atoms with Crippen molar-refractivity contribution in [2.24, 2.45) is 0 Å². The zero-order valence-electron chi connectivity index (χ0n) is 15.8. The maximum Gasteiger partial charge on any atom is 0.269 e. The number of fused-ring (bicyclic) bond motifs is 2. The van der Waals surface area contributed by atoms with E-state index in [9.17, 15) is 14.9 Å². The lowest BCUT2D eigenvalue weighted by Gasteiger charge is -2.24. The minimum Gasteiger partial charge on any atom is -0.489 e. The Labute approximate surface area is 171 Å². The Balaban J connectivity index is 1.48. The second kappa shape index (κ2) is 7.11. The van der Waals surface area contributed by atoms with E-state index in [1.807, 2.05) is 4.90 Å². The minimum atomic E-state index is -0.458. The van der Waals surface area contributed by atoms with Gasteiger partial charge in [-0.25, -0.2) is 9.97 Å². The Hall–Kier alpha value is -4.01. The van der Waals surface area contributed by atoms with Crippen molar-refractivity contribution in [3.05, 3.63) is 76.1 Å². The number of benzene rings is 1. The summed E-state index contributed by atoms with van der Waals surface area (Å²) in [4.78, 5) is 34.2. The predicted molar refractivity (Wildman–Crippen MR) is 109 cm³/mol. The Morgan fingerprint density at radius 1 is 1.10 bits per heavy atom. The van der Waals surface area contributed by atoms with Gasteiger partial charge in [0, 0.05) is 36.1 Å². The van der Waals surface area contributed by atoms with E-state index >= 15 is 0 Å². The molecule has 0 saturated heterocycles. The summed E-state index contributed by atoms with van der Waals surface area (Å²) in [5.74, 6) is 1.51. The van der Waals surface area contributed by atoms with Crippen LogP contribution in [0.2, 0.25) is 0 Å². The molecule has 1 aliphatic heterocycles. The fourth-order valence-electron chi connectivity index (χ4n) is 3.48. The van der Waals surface area contributed by atoms with E-state index in [1.54, 1.807) is 42.7 Å². The Bertz CT molecular complexity index is 1140. The van der Waals surface area contributed by atoms with Crippen LogP contribution in [-0.2, 0) is 6.61 Å². The molecule has 1 aliphatic carbocycles. The first-order valence-corrected chi connectivity index (χ1v) is 9.52. The summed E-state index contributed by atoms with van der Waals surface area (Å²) < 4.78 is 5.82. The SMILES string of the molecule is O=C1Nc2c(COc3ccc([N+](=O)[O-])cc3)ccnc2N(C2CC2)c2ncccc21. The van der Waals surface area contributed by atoms with E-state index < -0.39 is 4.92 Å². The molecule has 9 nitrogen and oxygen atoms in total. The number of non-ortho nitro benzene ring substituents is 1. The number of nitrogens with one attached hydrogen (secondary N) is 1. The fraction of sp³-hybridized carbons (Fsp3) is 0.190. The molecular formula is C21H17N5O4. The molecule has 1 aromatic carbocycles. The van der Waals surface area contributed by atoms with Crippen molar-refractivity contribution in [3.63, 3.8) is 0 Å². The number of anilines is 3. The molecule has 3 aromatic rings. The van der Waals surface area contributed by atoms with E-state index in [-0.39, 0.29) is 24.2 Å². The summed E-state index contributed by atoms with van der Waals surface area (Å²) >= 11 is 0. The highest BCUT2D eigenvalue weighted by molar-refractivity contribution is 6.11. The number of hydrogen-bond donors (Lipinski definition) is 1. The predicted octanol–water partition coefficient (Wildman–Crippen LogP) is 3.83. The quantitative estimate of drug-likeness (QED) is 0.509. The number of hydrogen-bond acceptors (Lipinski definition) is 7. The van der Waals surface area contributed by atoms with Crippen molar-refractivity contribution in [1.29, 1.82) is 0 Å². The average Bonchev–Trinajstić information content (AvgIpc) is 3.60. The Kier molecular flexibility index (Phi) is 4.27. The van der Waals surface area contributed by atoms with E-state index in [4.69, 9.17) is 4.74 Å². The van der Waals surface area contributed by atoms with Crippen LogP contribution in [-0.4, -0.2) is 26.8 Å². The van der Waals surface area contributed by atoms with E-state index in [0.717, 1.165) is 18.4 Å². The summed E-state index contributed by atoms with van der Waals surface area (Å²) in [6.07, 6.45) is 5.38. The highest BCUT2D eigenvalue weighted by atomic mass is 16.6. The van der Waals surface area contributed by atoms with Gasteiger partial charge in [-0.1, -0.05) is 0 Å². The molecule has 0 unspecified atom stereocenters. The van der Waals surface area contributed by atoms with Gasteiger partial charge >= 0.3 is 0 Å². The van der Waals surface area contributed by atoms with Crippen LogP contribution in [0, 0.1) is 10.1 Å². The van der Waals surface area contributed by atoms with Gasteiger partial charge in [-0.05, 0) is 43.2 Å². The number of pyridine rings is 2. The first-order chi connectivity index (χ1) is 14.6. The standard InChI is InChI=1S/C21H17N5O4/c27-21-17-2-1-10-22-19(17)25(14-3-4-14)20-18(24-21)13(9-11-23-20)12-30-16-7-5-15(6-8-16)26(28)29/h1-2,5-11,14H,3-4,12H2,(H,24,27). The molecule has 1 amide bonds. The topological polar surface area (TPSA) is 110 Å². The molecule has 30 heavy (non-hydrogen) atoms. The molecule has 9 heteroatoms. The third kappa shape index (κ3) is 3.20. The van der Waals surface area contributed by atoms with Crippen LogP contribution in [0.3, 0.4) is 0 Å². The third-order valence-electron chi connectivity index (χ3n) is 5.10. The molecule has 1 saturated carbocycles. The number of nitro benzene ring substituents is 1. The smallest absolute Gasteiger partial charge is 0.269 e. The van der Waals surface area contributed by atoms with Crippen LogP contribution >= 0.6 is 0 Å². The molecule has 1 N–H and O–H groups in total. The van der Waals surface area contributed by atoms with Gasteiger partial charge in [0.15, 0.2) is 5.82 Å². The molecule has 5 rings (SSSR count). The summed E-state index contributed by atoms with van der Waals surface area (Å²) in [6.45, 7) is 0.172. The maximum absolute atomic E-state index is 12.9. The van der Waals surface area contributed by atoms with Gasteiger partial charge in [-0.3, -0.25) is 14.9 Å². The van der Waals surface area contributed by atoms with Crippen LogP contribution in [0.1, 0.15) is 28.8 Å². The summed E-state index contributed by atoms with van der Waals surface area (Å²) in [7, 11) is 0. The number of carbonyl (C=O) groups excluding carboxylic acids is 1. The lowest BCUT2D eigenvalue weighted by molar-refractivity contribution is -0.384. The van der Waals surface area contributed by atoms with Crippen LogP contribution in [0.5, 0.6) is 5.75 Å². The number of carbonyl (C=O) groups is 1. The molecule has 0 atom stereocenters. The summed E-state index contributed by atoms with van der Waals surface area (Å²) in [5, 5.41) is 13.8. The normalized spacial score (nSPS) is 14.9. The second-order valence-corrected chi connectivity index (χ2v) is 7.14. The Morgan fingerprint density at radius 3 is 2.60 bits per heavy atom. The highest BCUT2D eigenvalue weighted by Crippen LogP contribution is 2.43. The summed E-state index contributed by atoms with van der Waals surface area (Å²) in [5.41, 5.74) is 1.85. The average molecular weight is 403 g/mol. The molecule has 2 aliphatic rings. The first-order valence-electron chi connectivity index (χ1n) is 9.52. The van der Waals surface area contributed by atoms with E-state index in [1.165, 1.54) is 12.1 Å². The zero-order chi connectivity index (χ0) is 20.7. The van der Waals surface area contributed by atoms with E-state index in [0.29, 0.717) is 28.6 Å². The maximum atomic E-state index is 12.9. The molecular weight excluding hydrogens is 386 g/mol. The molecule has 1 fully saturated rings. The van der Waals surface area contributed by atoms with Gasteiger partial charge in [0.2, 0.25) is 0 Å². The lowest BCUT2D eigenvalue weighted by atomic mass is 10.2. The number of amides is 1. The zero-order valence-corrected chi connectivity index (χ0v) is 15.8. The largest absolute Gasteiger partial charge is 0.489 e. The van der Waals surface area contributed by atoms with Gasteiger partial charge < -0.3 is 15.0 Å². The molecule has 2 aromatic heterocycles. The number of rotatable bonds is 5. The first kappa shape index (κ1) is 18.0. The van der Waals surface area contributed by atoms with Gasteiger partial charge in [-0.2, -0.15) is 0 Å². The van der Waals surface area contributed by atoms with Crippen molar-refractivity contribution in [2.75, 3.05) is 10.2 Å². The van der Waals surface area contributed by atoms with Gasteiger partial charge in [0.1, 0.15) is 18.2 Å². The summed E-state index contributed by atoms with van der Waals surface area (Å²) in [6, 6.07) is 11.4. The van der Waals surface area contributed by atoms with Crippen LogP contribution in [0.25, 0.3) is 0 Å². The minimum absolute atomic E-state index is 0.00210. The van der Waals surface area contributed by atoms with Gasteiger partial charge in [0.05, 0.1) is 16.2 Å². The molecule has 0 bridgehead atoms. The number of nitro groups is 1. The van der Waals surface area contributed by atoms with Gasteiger partial charge in [0.25, 0.3) is 11.6 Å². The van der Waals surface area contributed by atoms with Crippen LogP contribution in [0.15, 0.2) is 54.9 Å². The van der Waals surface area contributed by atoms with Crippen LogP contribution < -0.4 is 15.0 Å². The molecule has 3 heterocycles. The van der Waals surface area contributed by atoms with Crippen molar-refractivity contribution in [3.8, 4) is 5.75 Å². The lowest BCUT2D eigenvalue weighted by Crippen LogP contribution is -2.22. The highest BCUT2D eigenvalue weighted by Gasteiger charge is 2.38. The van der Waals surface area contributed by atoms with E-state index in [2.05, 4.69) is 15.3 Å². The Morgan fingerprint density at radius 2 is 1.87 bits per heavy atom. The second-order valence-electron chi connectivity index (χ2n) is 7.14. The molecule has 0 radical (unpaired) electrons. The van der Waals surface area contributed by atoms with Crippen molar-refractivity contribution >= 4 is 28.9 Å². The molecule has 150 valence electrons. The van der Waals surface area contributed by atoms with Crippen molar-refractivity contribution in [2.45, 2.75) is 25.5 Å². The number of ether oxygens (including phenoxy) is 1. The monoisotopic (exact) mass is 403 g/mol. The van der Waals surface area contributed by atoms with Gasteiger partial charge in [-0.15, -0.1) is 0 Å². The van der Waals surface area contributed by atoms with Crippen LogP contribution in [0.4, 0.5) is 23.0 Å². The number of nitrogens with zero attached hydrogens (tertiary/aromatic N) is 4. The number of aromatic nitrogens is 2. The third-order valence-corrected chi connectivity index (χ3v) is 5.10. The molecule has 0 spiro atoms. The fourth-order valence-corrected chi connectivity index (χ4v) is 3.48.